The van der Waals surface area contributed by atoms with Gasteiger partial charge in [-0.05, 0) is 22.3 Å². The van der Waals surface area contributed by atoms with E-state index in [1.807, 2.05) is 121 Å². The van der Waals surface area contributed by atoms with Crippen molar-refractivity contribution in [3.8, 4) is 0 Å². The summed E-state index contributed by atoms with van der Waals surface area (Å²) in [6, 6.07) is 38.8. The van der Waals surface area contributed by atoms with E-state index in [0.29, 0.717) is 6.61 Å². The van der Waals surface area contributed by atoms with Gasteiger partial charge in [-0.2, -0.15) is 8.42 Å². The van der Waals surface area contributed by atoms with Gasteiger partial charge in [-0.1, -0.05) is 121 Å². The lowest BCUT2D eigenvalue weighted by Crippen LogP contribution is -2.62. The van der Waals surface area contributed by atoms with E-state index in [-0.39, 0.29) is 26.4 Å². The maximum absolute atomic E-state index is 12.6. The molecule has 0 saturated carbocycles. The van der Waals surface area contributed by atoms with Gasteiger partial charge in [0.05, 0.1) is 39.3 Å². The SMILES string of the molecule is CS(=O)(=O)O[C@@H]1[C@H](OCc2ccccc2)[C@@H](OCc2ccccc2)[C@H](OCc2ccccc2)O[C@@H]1COCc1ccccc1. The molecule has 0 radical (unpaired) electrons. The van der Waals surface area contributed by atoms with E-state index in [4.69, 9.17) is 27.9 Å². The zero-order chi connectivity index (χ0) is 30.6. The van der Waals surface area contributed by atoms with E-state index in [1.165, 1.54) is 0 Å². The van der Waals surface area contributed by atoms with Crippen molar-refractivity contribution in [2.45, 2.75) is 57.1 Å². The average Bonchev–Trinajstić information content (AvgIpc) is 3.04. The lowest BCUT2D eigenvalue weighted by atomic mass is 9.98. The first kappa shape index (κ1) is 32.0. The third kappa shape index (κ3) is 9.80. The first-order valence-corrected chi connectivity index (χ1v) is 16.4. The van der Waals surface area contributed by atoms with E-state index in [2.05, 4.69) is 0 Å². The molecular weight excluding hydrogens is 580 g/mol. The Kier molecular flexibility index (Phi) is 11.7. The lowest BCUT2D eigenvalue weighted by molar-refractivity contribution is -0.320. The average molecular weight is 619 g/mol. The van der Waals surface area contributed by atoms with Gasteiger partial charge < -0.3 is 23.7 Å². The highest BCUT2D eigenvalue weighted by Crippen LogP contribution is 2.32. The van der Waals surface area contributed by atoms with Crippen molar-refractivity contribution in [2.75, 3.05) is 12.9 Å². The Hall–Kier alpha value is -3.41. The summed E-state index contributed by atoms with van der Waals surface area (Å²) < 4.78 is 62.6. The molecule has 232 valence electrons. The van der Waals surface area contributed by atoms with Gasteiger partial charge in [0, 0.05) is 0 Å². The van der Waals surface area contributed by atoms with Crippen molar-refractivity contribution in [1.29, 1.82) is 0 Å². The Morgan fingerprint density at radius 3 is 1.41 bits per heavy atom. The fourth-order valence-electron chi connectivity index (χ4n) is 4.98. The van der Waals surface area contributed by atoms with Crippen LogP contribution < -0.4 is 0 Å². The molecule has 0 amide bonds. The standard InChI is InChI=1S/C35H38O8S/c1-44(36,37)43-32-31(26-38-22-27-14-6-2-7-15-27)42-35(41-25-30-20-12-5-13-21-30)34(40-24-29-18-10-4-11-19-29)33(32)39-23-28-16-8-3-9-17-28/h2-21,31-35H,22-26H2,1H3/t31-,32+,33+,34-,35-/m1/s1. The Labute approximate surface area is 259 Å². The minimum absolute atomic E-state index is 0.0386. The van der Waals surface area contributed by atoms with Crippen LogP contribution >= 0.6 is 0 Å². The van der Waals surface area contributed by atoms with Gasteiger partial charge in [0.2, 0.25) is 0 Å². The quantitative estimate of drug-likeness (QED) is 0.158. The molecule has 5 rings (SSSR count). The van der Waals surface area contributed by atoms with Gasteiger partial charge in [0.25, 0.3) is 10.1 Å². The second-order valence-electron chi connectivity index (χ2n) is 10.6. The number of hydrogen-bond donors (Lipinski definition) is 0. The monoisotopic (exact) mass is 618 g/mol. The molecule has 0 aromatic heterocycles. The highest BCUT2D eigenvalue weighted by atomic mass is 32.2. The van der Waals surface area contributed by atoms with Gasteiger partial charge in [0.15, 0.2) is 6.29 Å². The lowest BCUT2D eigenvalue weighted by Gasteiger charge is -2.45. The van der Waals surface area contributed by atoms with E-state index < -0.39 is 40.8 Å². The summed E-state index contributed by atoms with van der Waals surface area (Å²) in [5.74, 6) is 0. The fourth-order valence-corrected chi connectivity index (χ4v) is 5.62. The van der Waals surface area contributed by atoms with Gasteiger partial charge in [-0.15, -0.1) is 0 Å². The topological polar surface area (TPSA) is 89.5 Å². The summed E-state index contributed by atoms with van der Waals surface area (Å²) in [5, 5.41) is 0. The molecule has 1 aliphatic rings. The number of rotatable bonds is 15. The summed E-state index contributed by atoms with van der Waals surface area (Å²) >= 11 is 0. The Morgan fingerprint density at radius 1 is 0.545 bits per heavy atom. The van der Waals surface area contributed by atoms with Gasteiger partial charge >= 0.3 is 0 Å². The molecule has 4 aromatic carbocycles. The Morgan fingerprint density at radius 2 is 0.955 bits per heavy atom. The molecule has 4 aromatic rings. The molecule has 0 aliphatic carbocycles. The van der Waals surface area contributed by atoms with E-state index in [0.717, 1.165) is 28.5 Å². The molecule has 5 atom stereocenters. The molecule has 1 heterocycles. The molecule has 8 nitrogen and oxygen atoms in total. The summed E-state index contributed by atoms with van der Waals surface area (Å²) in [6.45, 7) is 1.02. The zero-order valence-electron chi connectivity index (χ0n) is 24.6. The summed E-state index contributed by atoms with van der Waals surface area (Å²) in [5.41, 5.74) is 3.77. The van der Waals surface area contributed by atoms with Crippen molar-refractivity contribution < 1.29 is 36.3 Å². The van der Waals surface area contributed by atoms with Crippen LogP contribution in [0.4, 0.5) is 0 Å². The van der Waals surface area contributed by atoms with Crippen LogP contribution in [-0.4, -0.2) is 52.0 Å². The Bertz CT molecular complexity index is 1490. The molecule has 0 spiro atoms. The summed E-state index contributed by atoms with van der Waals surface area (Å²) in [4.78, 5) is 0. The van der Waals surface area contributed by atoms with Gasteiger partial charge in [-0.3, -0.25) is 4.18 Å². The molecule has 1 fully saturated rings. The summed E-state index contributed by atoms with van der Waals surface area (Å²) in [6.07, 6.45) is -3.52. The minimum Gasteiger partial charge on any atom is -0.374 e. The van der Waals surface area contributed by atoms with E-state index in [1.54, 1.807) is 0 Å². The number of ether oxygens (including phenoxy) is 5. The molecule has 0 N–H and O–H groups in total. The number of benzene rings is 4. The van der Waals surface area contributed by atoms with Crippen LogP contribution in [0.15, 0.2) is 121 Å². The third-order valence-corrected chi connectivity index (χ3v) is 7.67. The van der Waals surface area contributed by atoms with Crippen LogP contribution in [0.2, 0.25) is 0 Å². The van der Waals surface area contributed by atoms with Crippen molar-refractivity contribution in [3.05, 3.63) is 144 Å². The molecule has 44 heavy (non-hydrogen) atoms. The smallest absolute Gasteiger partial charge is 0.264 e. The summed E-state index contributed by atoms with van der Waals surface area (Å²) in [7, 11) is -3.92. The van der Waals surface area contributed by atoms with E-state index in [9.17, 15) is 8.42 Å². The van der Waals surface area contributed by atoms with Crippen LogP contribution in [0.1, 0.15) is 22.3 Å². The van der Waals surface area contributed by atoms with Crippen molar-refractivity contribution in [2.24, 2.45) is 0 Å². The maximum Gasteiger partial charge on any atom is 0.264 e. The van der Waals surface area contributed by atoms with Gasteiger partial charge in [-0.25, -0.2) is 0 Å². The second kappa shape index (κ2) is 16.1. The fraction of sp³-hybridized carbons (Fsp3) is 0.314. The molecule has 0 bridgehead atoms. The first-order valence-electron chi connectivity index (χ1n) is 14.6. The van der Waals surface area contributed by atoms with E-state index >= 15 is 0 Å². The second-order valence-corrected chi connectivity index (χ2v) is 12.2. The molecule has 9 heteroatoms. The van der Waals surface area contributed by atoms with Crippen LogP contribution in [-0.2, 0) is 64.4 Å². The van der Waals surface area contributed by atoms with Crippen LogP contribution in [0, 0.1) is 0 Å². The van der Waals surface area contributed by atoms with Crippen LogP contribution in [0.25, 0.3) is 0 Å². The van der Waals surface area contributed by atoms with Crippen LogP contribution in [0.5, 0.6) is 0 Å². The highest BCUT2D eigenvalue weighted by molar-refractivity contribution is 7.86. The third-order valence-electron chi connectivity index (χ3n) is 7.10. The normalized spacial score (nSPS) is 22.1. The first-order chi connectivity index (χ1) is 21.4. The van der Waals surface area contributed by atoms with Crippen molar-refractivity contribution in [1.82, 2.24) is 0 Å². The minimum atomic E-state index is -3.92. The molecule has 1 aliphatic heterocycles. The van der Waals surface area contributed by atoms with Gasteiger partial charge in [0.1, 0.15) is 24.4 Å². The molecular formula is C35H38O8S. The molecule has 1 saturated heterocycles. The predicted molar refractivity (Wildman–Crippen MR) is 166 cm³/mol. The van der Waals surface area contributed by atoms with Crippen molar-refractivity contribution in [3.63, 3.8) is 0 Å². The highest BCUT2D eigenvalue weighted by Gasteiger charge is 2.50. The van der Waals surface area contributed by atoms with Crippen molar-refractivity contribution >= 4 is 10.1 Å². The number of hydrogen-bond acceptors (Lipinski definition) is 8. The maximum atomic E-state index is 12.6. The van der Waals surface area contributed by atoms with Crippen LogP contribution in [0.3, 0.4) is 0 Å². The zero-order valence-corrected chi connectivity index (χ0v) is 25.5. The molecule has 0 unspecified atom stereocenters. The Balaban J connectivity index is 1.44. The largest absolute Gasteiger partial charge is 0.374 e. The predicted octanol–water partition coefficient (Wildman–Crippen LogP) is 5.66.